The van der Waals surface area contributed by atoms with E-state index in [-0.39, 0.29) is 23.5 Å². The highest BCUT2D eigenvalue weighted by molar-refractivity contribution is 6.06. The van der Waals surface area contributed by atoms with E-state index in [9.17, 15) is 14.4 Å². The van der Waals surface area contributed by atoms with Crippen molar-refractivity contribution in [3.05, 3.63) is 111 Å². The summed E-state index contributed by atoms with van der Waals surface area (Å²) < 4.78 is 7.20. The van der Waals surface area contributed by atoms with E-state index in [2.05, 4.69) is 5.32 Å². The van der Waals surface area contributed by atoms with Gasteiger partial charge >= 0.3 is 5.97 Å². The van der Waals surface area contributed by atoms with Gasteiger partial charge in [0.05, 0.1) is 11.1 Å². The fraction of sp³-hybridized carbons (Fsp3) is 0.148. The maximum Gasteiger partial charge on any atom is 0.339 e. The molecule has 0 bridgehead atoms. The molecule has 5 rings (SSSR count). The molecule has 33 heavy (non-hydrogen) atoms. The Kier molecular flexibility index (Phi) is 5.05. The fourth-order valence-corrected chi connectivity index (χ4v) is 4.32. The fourth-order valence-electron chi connectivity index (χ4n) is 4.32. The predicted molar refractivity (Wildman–Crippen MR) is 127 cm³/mol. The van der Waals surface area contributed by atoms with E-state index < -0.39 is 0 Å². The van der Waals surface area contributed by atoms with E-state index in [0.29, 0.717) is 28.8 Å². The largest absolute Gasteiger partial charge is 0.454 e. The lowest BCUT2D eigenvalue weighted by atomic mass is 9.93. The number of aromatic nitrogens is 1. The van der Waals surface area contributed by atoms with Crippen LogP contribution in [0.1, 0.15) is 43.5 Å². The van der Waals surface area contributed by atoms with Crippen LogP contribution in [-0.2, 0) is 18.2 Å². The molecular weight excluding hydrogens is 416 g/mol. The number of hydrogen-bond acceptors (Lipinski definition) is 4. The average Bonchev–Trinajstić information content (AvgIpc) is 2.82. The maximum atomic E-state index is 13.0. The molecule has 3 aromatic carbocycles. The second-order valence-corrected chi connectivity index (χ2v) is 8.30. The summed E-state index contributed by atoms with van der Waals surface area (Å²) in [6.07, 6.45) is 0.134. The number of anilines is 1. The van der Waals surface area contributed by atoms with Gasteiger partial charge < -0.3 is 14.6 Å². The second kappa shape index (κ2) is 8.06. The lowest BCUT2D eigenvalue weighted by Gasteiger charge is -2.25. The molecular formula is C27H22N2O4. The van der Waals surface area contributed by atoms with Crippen LogP contribution in [0.25, 0.3) is 10.9 Å². The topological polar surface area (TPSA) is 77.4 Å². The number of cyclic esters (lactones) is 1. The minimum absolute atomic E-state index is 0.0410. The Labute approximate surface area is 190 Å². The second-order valence-electron chi connectivity index (χ2n) is 8.30. The molecule has 1 aliphatic heterocycles. The van der Waals surface area contributed by atoms with Gasteiger partial charge in [-0.1, -0.05) is 30.3 Å². The molecule has 4 aromatic rings. The molecule has 1 unspecified atom stereocenters. The summed E-state index contributed by atoms with van der Waals surface area (Å²) in [6, 6.07) is 21.9. The molecule has 0 fully saturated rings. The van der Waals surface area contributed by atoms with Crippen LogP contribution >= 0.6 is 0 Å². The van der Waals surface area contributed by atoms with E-state index in [0.717, 1.165) is 22.0 Å². The molecule has 6 heteroatoms. The summed E-state index contributed by atoms with van der Waals surface area (Å²) >= 11 is 0. The molecule has 0 spiro atoms. The smallest absolute Gasteiger partial charge is 0.339 e. The van der Waals surface area contributed by atoms with Gasteiger partial charge in [0.2, 0.25) is 0 Å². The Bertz CT molecular complexity index is 1470. The molecule has 1 amide bonds. The number of amides is 1. The number of hydrogen-bond donors (Lipinski definition) is 1. The highest BCUT2D eigenvalue weighted by Crippen LogP contribution is 2.31. The Balaban J connectivity index is 1.42. The van der Waals surface area contributed by atoms with Gasteiger partial charge in [0, 0.05) is 35.7 Å². The van der Waals surface area contributed by atoms with Crippen molar-refractivity contribution in [3.8, 4) is 0 Å². The van der Waals surface area contributed by atoms with E-state index in [4.69, 9.17) is 4.74 Å². The van der Waals surface area contributed by atoms with Crippen molar-refractivity contribution in [2.24, 2.45) is 7.05 Å². The highest BCUT2D eigenvalue weighted by Gasteiger charge is 2.28. The molecule has 2 heterocycles. The maximum absolute atomic E-state index is 13.0. The van der Waals surface area contributed by atoms with Crippen LogP contribution in [0.4, 0.5) is 5.69 Å². The van der Waals surface area contributed by atoms with E-state index in [1.54, 1.807) is 42.8 Å². The Morgan fingerprint density at radius 1 is 1.00 bits per heavy atom. The zero-order chi connectivity index (χ0) is 23.1. The van der Waals surface area contributed by atoms with E-state index in [1.807, 2.05) is 48.5 Å². The monoisotopic (exact) mass is 438 g/mol. The third kappa shape index (κ3) is 3.80. The van der Waals surface area contributed by atoms with Crippen LogP contribution in [0.2, 0.25) is 0 Å². The van der Waals surface area contributed by atoms with E-state index in [1.165, 1.54) is 0 Å². The first kappa shape index (κ1) is 20.7. The number of aryl methyl sites for hydroxylation is 2. The number of ether oxygens (including phenoxy) is 1. The van der Waals surface area contributed by atoms with Crippen molar-refractivity contribution in [2.75, 3.05) is 5.32 Å². The first-order valence-electron chi connectivity index (χ1n) is 10.7. The Hall–Kier alpha value is -4.19. The molecule has 1 aliphatic rings. The van der Waals surface area contributed by atoms with Gasteiger partial charge in [0.15, 0.2) is 0 Å². The normalized spacial score (nSPS) is 15.1. The summed E-state index contributed by atoms with van der Waals surface area (Å²) in [5, 5.41) is 3.79. The van der Waals surface area contributed by atoms with Gasteiger partial charge in [0.1, 0.15) is 6.10 Å². The Morgan fingerprint density at radius 2 is 1.79 bits per heavy atom. The number of rotatable bonds is 3. The van der Waals surface area contributed by atoms with Gasteiger partial charge in [-0.15, -0.1) is 0 Å². The molecule has 0 saturated heterocycles. The number of fused-ring (bicyclic) bond motifs is 2. The van der Waals surface area contributed by atoms with Crippen LogP contribution in [0.15, 0.2) is 77.6 Å². The zero-order valence-electron chi connectivity index (χ0n) is 18.3. The van der Waals surface area contributed by atoms with Crippen LogP contribution < -0.4 is 10.9 Å². The van der Waals surface area contributed by atoms with Crippen molar-refractivity contribution in [2.45, 2.75) is 19.4 Å². The number of carbonyl (C=O) groups is 2. The number of benzene rings is 3. The lowest BCUT2D eigenvalue weighted by molar-refractivity contribution is 0.0252. The summed E-state index contributed by atoms with van der Waals surface area (Å²) in [5.41, 5.74) is 4.69. The van der Waals surface area contributed by atoms with Crippen LogP contribution in [0, 0.1) is 6.92 Å². The predicted octanol–water partition coefficient (Wildman–Crippen LogP) is 4.55. The van der Waals surface area contributed by atoms with Gasteiger partial charge in [-0.05, 0) is 60.5 Å². The minimum Gasteiger partial charge on any atom is -0.454 e. The van der Waals surface area contributed by atoms with Gasteiger partial charge in [0.25, 0.3) is 11.5 Å². The van der Waals surface area contributed by atoms with Crippen LogP contribution in [0.5, 0.6) is 0 Å². The molecule has 6 nitrogen and oxygen atoms in total. The SMILES string of the molecule is Cc1cc2cc(NC(=O)c3ccc4c(c3)CC(c3ccccc3)OC4=O)ccc2n(C)c1=O. The lowest BCUT2D eigenvalue weighted by Crippen LogP contribution is -2.23. The third-order valence-electron chi connectivity index (χ3n) is 6.07. The summed E-state index contributed by atoms with van der Waals surface area (Å²) in [4.78, 5) is 37.6. The number of nitrogens with one attached hydrogen (secondary N) is 1. The molecule has 0 radical (unpaired) electrons. The standard InChI is InChI=1S/C27H22N2O4/c1-16-12-20-14-21(9-11-23(20)29(2)26(16)31)28-25(30)18-8-10-22-19(13-18)15-24(33-27(22)32)17-6-4-3-5-7-17/h3-14,24H,15H2,1-2H3,(H,28,30). The van der Waals surface area contributed by atoms with Crippen LogP contribution in [0.3, 0.4) is 0 Å². The molecule has 0 saturated carbocycles. The number of esters is 1. The molecule has 1 atom stereocenters. The van der Waals surface area contributed by atoms with Crippen molar-refractivity contribution < 1.29 is 14.3 Å². The van der Waals surface area contributed by atoms with E-state index >= 15 is 0 Å². The van der Waals surface area contributed by atoms with Gasteiger partial charge in [-0.25, -0.2) is 4.79 Å². The average molecular weight is 438 g/mol. The quantitative estimate of drug-likeness (QED) is 0.476. The first-order valence-corrected chi connectivity index (χ1v) is 10.7. The third-order valence-corrected chi connectivity index (χ3v) is 6.07. The summed E-state index contributed by atoms with van der Waals surface area (Å²) in [7, 11) is 1.73. The van der Waals surface area contributed by atoms with Gasteiger partial charge in [-0.2, -0.15) is 0 Å². The summed E-state index contributed by atoms with van der Waals surface area (Å²) in [6.45, 7) is 1.77. The summed E-state index contributed by atoms with van der Waals surface area (Å²) in [5.74, 6) is -0.651. The van der Waals surface area contributed by atoms with Crippen LogP contribution in [-0.4, -0.2) is 16.4 Å². The molecule has 1 aromatic heterocycles. The first-order chi connectivity index (χ1) is 15.9. The zero-order valence-corrected chi connectivity index (χ0v) is 18.3. The molecule has 1 N–H and O–H groups in total. The van der Waals surface area contributed by atoms with Crippen molar-refractivity contribution in [1.82, 2.24) is 4.57 Å². The van der Waals surface area contributed by atoms with Crippen molar-refractivity contribution in [3.63, 3.8) is 0 Å². The molecule has 164 valence electrons. The Morgan fingerprint density at radius 3 is 2.58 bits per heavy atom. The number of nitrogens with zero attached hydrogens (tertiary/aromatic N) is 1. The van der Waals surface area contributed by atoms with Gasteiger partial charge in [-0.3, -0.25) is 9.59 Å². The van der Waals surface area contributed by atoms with Crippen molar-refractivity contribution in [1.29, 1.82) is 0 Å². The number of pyridine rings is 1. The minimum atomic E-state index is -0.382. The van der Waals surface area contributed by atoms with Crippen molar-refractivity contribution >= 4 is 28.5 Å². The highest BCUT2D eigenvalue weighted by atomic mass is 16.5. The molecule has 0 aliphatic carbocycles. The number of carbonyl (C=O) groups excluding carboxylic acids is 2.